The van der Waals surface area contributed by atoms with Crippen LogP contribution in [0.2, 0.25) is 0 Å². The van der Waals surface area contributed by atoms with E-state index in [2.05, 4.69) is 0 Å². The molecular weight excluding hydrogens is 332 g/mol. The number of nitrogens with zero attached hydrogens (tertiary/aromatic N) is 2. The Hall–Kier alpha value is -2.50. The first-order valence-corrected chi connectivity index (χ1v) is 9.02. The SMILES string of the molecule is CCn1c(C)c(C(c2c(O)cc(C)n(CC)c2=O)C(C)C)c(O)cc1=O. The lowest BCUT2D eigenvalue weighted by Crippen LogP contribution is -2.30. The van der Waals surface area contributed by atoms with E-state index in [9.17, 15) is 19.8 Å². The summed E-state index contributed by atoms with van der Waals surface area (Å²) in [4.78, 5) is 25.2. The van der Waals surface area contributed by atoms with Crippen molar-refractivity contribution >= 4 is 0 Å². The van der Waals surface area contributed by atoms with E-state index in [-0.39, 0.29) is 34.1 Å². The van der Waals surface area contributed by atoms with Gasteiger partial charge in [0.2, 0.25) is 0 Å². The lowest BCUT2D eigenvalue weighted by Gasteiger charge is -2.27. The van der Waals surface area contributed by atoms with E-state index in [1.807, 2.05) is 27.7 Å². The molecule has 0 aromatic carbocycles. The van der Waals surface area contributed by atoms with Crippen LogP contribution < -0.4 is 11.1 Å². The smallest absolute Gasteiger partial charge is 0.258 e. The van der Waals surface area contributed by atoms with Crippen LogP contribution in [0.3, 0.4) is 0 Å². The Kier molecular flexibility index (Phi) is 5.64. The first-order valence-electron chi connectivity index (χ1n) is 9.02. The summed E-state index contributed by atoms with van der Waals surface area (Å²) < 4.78 is 3.17. The quantitative estimate of drug-likeness (QED) is 0.859. The molecular formula is C20H28N2O4. The van der Waals surface area contributed by atoms with Crippen molar-refractivity contribution in [1.82, 2.24) is 9.13 Å². The first-order chi connectivity index (χ1) is 12.1. The molecule has 26 heavy (non-hydrogen) atoms. The average molecular weight is 360 g/mol. The third-order valence-electron chi connectivity index (χ3n) is 5.04. The Morgan fingerprint density at radius 1 is 0.923 bits per heavy atom. The average Bonchev–Trinajstić information content (AvgIpc) is 2.53. The molecule has 0 aliphatic rings. The van der Waals surface area contributed by atoms with E-state index >= 15 is 0 Å². The maximum absolute atomic E-state index is 13.1. The number of rotatable bonds is 5. The normalized spacial score (nSPS) is 12.6. The van der Waals surface area contributed by atoms with E-state index in [1.54, 1.807) is 29.0 Å². The van der Waals surface area contributed by atoms with Gasteiger partial charge in [-0.2, -0.15) is 0 Å². The van der Waals surface area contributed by atoms with Crippen molar-refractivity contribution in [2.75, 3.05) is 0 Å². The monoisotopic (exact) mass is 360 g/mol. The summed E-state index contributed by atoms with van der Waals surface area (Å²) in [6.07, 6.45) is 0. The molecule has 0 saturated carbocycles. The van der Waals surface area contributed by atoms with Gasteiger partial charge >= 0.3 is 0 Å². The molecule has 2 heterocycles. The van der Waals surface area contributed by atoms with Crippen molar-refractivity contribution in [3.05, 3.63) is 55.4 Å². The van der Waals surface area contributed by atoms with Gasteiger partial charge in [0.1, 0.15) is 11.5 Å². The maximum atomic E-state index is 13.1. The highest BCUT2D eigenvalue weighted by Crippen LogP contribution is 2.40. The van der Waals surface area contributed by atoms with E-state index in [1.165, 1.54) is 6.07 Å². The summed E-state index contributed by atoms with van der Waals surface area (Å²) >= 11 is 0. The predicted octanol–water partition coefficient (Wildman–Crippen LogP) is 2.87. The summed E-state index contributed by atoms with van der Waals surface area (Å²) in [6.45, 7) is 12.1. The largest absolute Gasteiger partial charge is 0.507 e. The molecule has 0 radical (unpaired) electrons. The Balaban J connectivity index is 2.91. The van der Waals surface area contributed by atoms with Crippen LogP contribution in [-0.2, 0) is 13.1 Å². The molecule has 0 aliphatic heterocycles. The highest BCUT2D eigenvalue weighted by atomic mass is 16.3. The summed E-state index contributed by atoms with van der Waals surface area (Å²) in [5.74, 6) is -0.824. The van der Waals surface area contributed by atoms with Crippen molar-refractivity contribution < 1.29 is 10.2 Å². The molecule has 2 rings (SSSR count). The van der Waals surface area contributed by atoms with E-state index < -0.39 is 5.92 Å². The van der Waals surface area contributed by atoms with Gasteiger partial charge < -0.3 is 19.3 Å². The molecule has 2 aromatic heterocycles. The Labute approximate surface area is 153 Å². The minimum atomic E-state index is -0.528. The van der Waals surface area contributed by atoms with Gasteiger partial charge in [-0.15, -0.1) is 0 Å². The Morgan fingerprint density at radius 2 is 1.46 bits per heavy atom. The summed E-state index contributed by atoms with van der Waals surface area (Å²) in [5.41, 5.74) is 1.51. The summed E-state index contributed by atoms with van der Waals surface area (Å²) in [6, 6.07) is 2.77. The zero-order valence-corrected chi connectivity index (χ0v) is 16.3. The van der Waals surface area contributed by atoms with Gasteiger partial charge in [0.05, 0.1) is 5.56 Å². The summed E-state index contributed by atoms with van der Waals surface area (Å²) in [7, 11) is 0. The van der Waals surface area contributed by atoms with Crippen LogP contribution in [0, 0.1) is 19.8 Å². The number of pyridine rings is 2. The molecule has 1 unspecified atom stereocenters. The van der Waals surface area contributed by atoms with Crippen molar-refractivity contribution in [3.63, 3.8) is 0 Å². The van der Waals surface area contributed by atoms with Crippen molar-refractivity contribution in [2.24, 2.45) is 5.92 Å². The van der Waals surface area contributed by atoms with Crippen LogP contribution in [0.1, 0.15) is 56.1 Å². The second kappa shape index (κ2) is 7.40. The maximum Gasteiger partial charge on any atom is 0.258 e. The lowest BCUT2D eigenvalue weighted by molar-refractivity contribution is 0.423. The molecule has 0 spiro atoms. The zero-order chi connectivity index (χ0) is 19.8. The molecule has 2 aromatic rings. The highest BCUT2D eigenvalue weighted by molar-refractivity contribution is 5.48. The highest BCUT2D eigenvalue weighted by Gasteiger charge is 2.30. The fourth-order valence-electron chi connectivity index (χ4n) is 3.81. The molecule has 6 nitrogen and oxygen atoms in total. The van der Waals surface area contributed by atoms with Crippen molar-refractivity contribution in [3.8, 4) is 11.5 Å². The molecule has 142 valence electrons. The molecule has 2 N–H and O–H groups in total. The van der Waals surface area contributed by atoms with Gasteiger partial charge in [0.25, 0.3) is 11.1 Å². The number of hydrogen-bond donors (Lipinski definition) is 2. The van der Waals surface area contributed by atoms with Gasteiger partial charge in [-0.05, 0) is 39.7 Å². The second-order valence-electron chi connectivity index (χ2n) is 6.97. The first kappa shape index (κ1) is 19.8. The molecule has 0 saturated heterocycles. The van der Waals surface area contributed by atoms with E-state index in [4.69, 9.17) is 0 Å². The molecule has 0 bridgehead atoms. The standard InChI is InChI=1S/C20H28N2O4/c1-7-21-12(5)9-14(23)19(20(21)26)17(11(3)4)18-13(6)22(8-2)16(25)10-15(18)24/h9-11,17,23-24H,7-8H2,1-6H3. The third kappa shape index (κ3) is 3.16. The fourth-order valence-corrected chi connectivity index (χ4v) is 3.81. The molecule has 0 fully saturated rings. The number of aryl methyl sites for hydroxylation is 1. The van der Waals surface area contributed by atoms with Gasteiger partial charge in [0, 0.05) is 42.0 Å². The van der Waals surface area contributed by atoms with Crippen LogP contribution in [0.4, 0.5) is 0 Å². The van der Waals surface area contributed by atoms with Crippen LogP contribution in [0.5, 0.6) is 11.5 Å². The molecule has 0 aliphatic carbocycles. The molecule has 1 atom stereocenters. The lowest BCUT2D eigenvalue weighted by atomic mass is 9.81. The van der Waals surface area contributed by atoms with Gasteiger partial charge in [-0.25, -0.2) is 0 Å². The second-order valence-corrected chi connectivity index (χ2v) is 6.97. The van der Waals surface area contributed by atoms with Crippen molar-refractivity contribution in [2.45, 2.75) is 60.5 Å². The minimum Gasteiger partial charge on any atom is -0.507 e. The van der Waals surface area contributed by atoms with Crippen molar-refractivity contribution in [1.29, 1.82) is 0 Å². The molecule has 6 heteroatoms. The third-order valence-corrected chi connectivity index (χ3v) is 5.04. The summed E-state index contributed by atoms with van der Waals surface area (Å²) in [5, 5.41) is 21.1. The fraction of sp³-hybridized carbons (Fsp3) is 0.500. The molecule has 0 amide bonds. The predicted molar refractivity (Wildman–Crippen MR) is 102 cm³/mol. The van der Waals surface area contributed by atoms with E-state index in [0.717, 1.165) is 0 Å². The minimum absolute atomic E-state index is 0.0750. The Morgan fingerprint density at radius 3 is 1.96 bits per heavy atom. The van der Waals surface area contributed by atoms with Gasteiger partial charge in [0.15, 0.2) is 0 Å². The number of aromatic nitrogens is 2. The van der Waals surface area contributed by atoms with Crippen LogP contribution in [0.15, 0.2) is 21.7 Å². The van der Waals surface area contributed by atoms with Crippen LogP contribution in [0.25, 0.3) is 0 Å². The van der Waals surface area contributed by atoms with Crippen LogP contribution >= 0.6 is 0 Å². The zero-order valence-electron chi connectivity index (χ0n) is 16.3. The number of hydrogen-bond acceptors (Lipinski definition) is 4. The van der Waals surface area contributed by atoms with E-state index in [0.29, 0.717) is 30.0 Å². The number of aromatic hydroxyl groups is 2. The van der Waals surface area contributed by atoms with Gasteiger partial charge in [-0.1, -0.05) is 13.8 Å². The van der Waals surface area contributed by atoms with Gasteiger partial charge in [-0.3, -0.25) is 9.59 Å². The van der Waals surface area contributed by atoms with Crippen LogP contribution in [-0.4, -0.2) is 19.3 Å². The Bertz CT molecular complexity index is 938. The topological polar surface area (TPSA) is 84.5 Å².